The van der Waals surface area contributed by atoms with Crippen molar-refractivity contribution in [2.75, 3.05) is 0 Å². The highest BCUT2D eigenvalue weighted by atomic mass is 16.5. The van der Waals surface area contributed by atoms with Gasteiger partial charge in [0, 0.05) is 6.20 Å². The molecule has 0 atom stereocenters. The summed E-state index contributed by atoms with van der Waals surface area (Å²) in [6, 6.07) is 13.6. The van der Waals surface area contributed by atoms with E-state index in [0.717, 1.165) is 17.7 Å². The van der Waals surface area contributed by atoms with Crippen LogP contribution in [0.15, 0.2) is 42.6 Å². The van der Waals surface area contributed by atoms with Crippen LogP contribution in [-0.4, -0.2) is 4.98 Å². The number of hydrogen-bond acceptors (Lipinski definition) is 3. The maximum absolute atomic E-state index is 8.75. The smallest absolute Gasteiger partial charge is 0.140 e. The van der Waals surface area contributed by atoms with Gasteiger partial charge in [-0.3, -0.25) is 0 Å². The van der Waals surface area contributed by atoms with Crippen molar-refractivity contribution in [3.8, 4) is 11.8 Å². The molecule has 2 aromatic rings. The Bertz CT molecular complexity index is 555. The molecule has 2 rings (SSSR count). The first-order chi connectivity index (χ1) is 8.81. The van der Waals surface area contributed by atoms with Gasteiger partial charge in [-0.25, -0.2) is 4.98 Å². The Morgan fingerprint density at radius 2 is 1.94 bits per heavy atom. The molecule has 90 valence electrons. The highest BCUT2D eigenvalue weighted by Gasteiger charge is 1.98. The summed E-state index contributed by atoms with van der Waals surface area (Å²) < 4.78 is 5.65. The molecular weight excluding hydrogens is 224 g/mol. The summed E-state index contributed by atoms with van der Waals surface area (Å²) in [5, 5.41) is 8.75. The molecule has 0 unspecified atom stereocenters. The lowest BCUT2D eigenvalue weighted by atomic mass is 10.2. The summed E-state index contributed by atoms with van der Waals surface area (Å²) in [7, 11) is 0. The molecule has 0 N–H and O–H groups in total. The molecule has 1 aromatic heterocycles. The van der Waals surface area contributed by atoms with Gasteiger partial charge in [-0.2, -0.15) is 5.26 Å². The fourth-order valence-electron chi connectivity index (χ4n) is 1.61. The summed E-state index contributed by atoms with van der Waals surface area (Å²) in [5.74, 6) is 0.836. The zero-order valence-electron chi connectivity index (χ0n) is 10.3. The van der Waals surface area contributed by atoms with Crippen molar-refractivity contribution < 1.29 is 4.74 Å². The first kappa shape index (κ1) is 12.1. The summed E-state index contributed by atoms with van der Waals surface area (Å²) >= 11 is 0. The minimum atomic E-state index is 0.414. The van der Waals surface area contributed by atoms with Gasteiger partial charge in [0.1, 0.15) is 24.1 Å². The number of rotatable bonds is 4. The van der Waals surface area contributed by atoms with E-state index < -0.39 is 0 Å². The van der Waals surface area contributed by atoms with Crippen molar-refractivity contribution in [3.63, 3.8) is 0 Å². The molecule has 0 fully saturated rings. The zero-order chi connectivity index (χ0) is 12.8. The number of nitrogens with zero attached hydrogens (tertiary/aromatic N) is 2. The molecule has 18 heavy (non-hydrogen) atoms. The molecule has 0 radical (unpaired) electrons. The van der Waals surface area contributed by atoms with E-state index >= 15 is 0 Å². The summed E-state index contributed by atoms with van der Waals surface area (Å²) in [6.07, 6.45) is 2.65. The number of nitriles is 1. The number of hydrogen-bond donors (Lipinski definition) is 0. The fraction of sp³-hybridized carbons (Fsp3) is 0.200. The monoisotopic (exact) mass is 238 g/mol. The van der Waals surface area contributed by atoms with E-state index in [1.54, 1.807) is 12.3 Å². The van der Waals surface area contributed by atoms with E-state index in [1.165, 1.54) is 5.56 Å². The molecule has 0 aliphatic heterocycles. The molecule has 0 amide bonds. The molecule has 1 aromatic carbocycles. The second kappa shape index (κ2) is 5.83. The molecular formula is C15H14N2O. The third kappa shape index (κ3) is 3.08. The van der Waals surface area contributed by atoms with Crippen LogP contribution in [0.1, 0.15) is 23.7 Å². The topological polar surface area (TPSA) is 45.9 Å². The number of pyridine rings is 1. The van der Waals surface area contributed by atoms with Crippen molar-refractivity contribution >= 4 is 0 Å². The van der Waals surface area contributed by atoms with E-state index in [-0.39, 0.29) is 0 Å². The maximum Gasteiger partial charge on any atom is 0.140 e. The quantitative estimate of drug-likeness (QED) is 0.822. The van der Waals surface area contributed by atoms with Gasteiger partial charge in [0.05, 0.1) is 0 Å². The molecule has 0 saturated carbocycles. The second-order valence-corrected chi connectivity index (χ2v) is 3.95. The Hall–Kier alpha value is -2.34. The Morgan fingerprint density at radius 1 is 1.17 bits per heavy atom. The molecule has 0 bridgehead atoms. The van der Waals surface area contributed by atoms with Gasteiger partial charge >= 0.3 is 0 Å². The van der Waals surface area contributed by atoms with Gasteiger partial charge in [-0.1, -0.05) is 19.1 Å². The van der Waals surface area contributed by atoms with Crippen LogP contribution in [0.5, 0.6) is 5.75 Å². The van der Waals surface area contributed by atoms with Gasteiger partial charge in [0.25, 0.3) is 0 Å². The summed E-state index contributed by atoms with van der Waals surface area (Å²) in [5.41, 5.74) is 2.65. The van der Waals surface area contributed by atoms with E-state index in [0.29, 0.717) is 12.3 Å². The SMILES string of the molecule is CCc1ccc(OCc2ccnc(C#N)c2)cc1. The minimum absolute atomic E-state index is 0.414. The van der Waals surface area contributed by atoms with Gasteiger partial charge in [-0.05, 0) is 41.8 Å². The Kier molecular flexibility index (Phi) is 3.93. The van der Waals surface area contributed by atoms with Gasteiger partial charge < -0.3 is 4.74 Å². The van der Waals surface area contributed by atoms with E-state index in [4.69, 9.17) is 10.00 Å². The predicted octanol–water partition coefficient (Wildman–Crippen LogP) is 3.09. The largest absolute Gasteiger partial charge is 0.489 e. The lowest BCUT2D eigenvalue weighted by molar-refractivity contribution is 0.306. The second-order valence-electron chi connectivity index (χ2n) is 3.95. The molecule has 0 aliphatic carbocycles. The van der Waals surface area contributed by atoms with Crippen molar-refractivity contribution in [2.24, 2.45) is 0 Å². The van der Waals surface area contributed by atoms with Crippen molar-refractivity contribution in [1.29, 1.82) is 5.26 Å². The molecule has 3 heteroatoms. The van der Waals surface area contributed by atoms with E-state index in [1.807, 2.05) is 24.3 Å². The number of aryl methyl sites for hydroxylation is 1. The average molecular weight is 238 g/mol. The molecule has 3 nitrogen and oxygen atoms in total. The average Bonchev–Trinajstić information content (AvgIpc) is 2.46. The third-order valence-corrected chi connectivity index (χ3v) is 2.68. The van der Waals surface area contributed by atoms with Crippen LogP contribution in [0.3, 0.4) is 0 Å². The molecule has 0 spiro atoms. The van der Waals surface area contributed by atoms with Crippen LogP contribution in [0.25, 0.3) is 0 Å². The number of aromatic nitrogens is 1. The number of benzene rings is 1. The van der Waals surface area contributed by atoms with Crippen molar-refractivity contribution in [3.05, 3.63) is 59.4 Å². The highest BCUT2D eigenvalue weighted by Crippen LogP contribution is 2.14. The first-order valence-electron chi connectivity index (χ1n) is 5.88. The van der Waals surface area contributed by atoms with Crippen LogP contribution in [0.4, 0.5) is 0 Å². The summed E-state index contributed by atoms with van der Waals surface area (Å²) in [4.78, 5) is 3.92. The summed E-state index contributed by atoms with van der Waals surface area (Å²) in [6.45, 7) is 2.57. The molecule has 0 aliphatic rings. The van der Waals surface area contributed by atoms with Gasteiger partial charge in [0.2, 0.25) is 0 Å². The van der Waals surface area contributed by atoms with Crippen molar-refractivity contribution in [2.45, 2.75) is 20.0 Å². The van der Waals surface area contributed by atoms with Gasteiger partial charge in [-0.15, -0.1) is 0 Å². The van der Waals surface area contributed by atoms with Crippen LogP contribution >= 0.6 is 0 Å². The zero-order valence-corrected chi connectivity index (χ0v) is 10.3. The fourth-order valence-corrected chi connectivity index (χ4v) is 1.61. The number of ether oxygens (including phenoxy) is 1. The predicted molar refractivity (Wildman–Crippen MR) is 69.1 cm³/mol. The first-order valence-corrected chi connectivity index (χ1v) is 5.88. The van der Waals surface area contributed by atoms with Crippen molar-refractivity contribution in [1.82, 2.24) is 4.98 Å². The minimum Gasteiger partial charge on any atom is -0.489 e. The van der Waals surface area contributed by atoms with Gasteiger partial charge in [0.15, 0.2) is 0 Å². The lowest BCUT2D eigenvalue weighted by Gasteiger charge is -2.06. The Morgan fingerprint density at radius 3 is 2.61 bits per heavy atom. The van der Waals surface area contributed by atoms with E-state index in [9.17, 15) is 0 Å². The molecule has 0 saturated heterocycles. The highest BCUT2D eigenvalue weighted by molar-refractivity contribution is 5.28. The third-order valence-electron chi connectivity index (χ3n) is 2.68. The molecule has 1 heterocycles. The van der Waals surface area contributed by atoms with Crippen LogP contribution < -0.4 is 4.74 Å². The Balaban J connectivity index is 2.00. The lowest BCUT2D eigenvalue weighted by Crippen LogP contribution is -1.96. The standard InChI is InChI=1S/C15H14N2O/c1-2-12-3-5-15(6-4-12)18-11-13-7-8-17-14(9-13)10-16/h3-9H,2,11H2,1H3. The van der Waals surface area contributed by atoms with Crippen LogP contribution in [-0.2, 0) is 13.0 Å². The van der Waals surface area contributed by atoms with E-state index in [2.05, 4.69) is 24.0 Å². The Labute approximate surface area is 107 Å². The normalized spacial score (nSPS) is 9.78. The van der Waals surface area contributed by atoms with Crippen LogP contribution in [0.2, 0.25) is 0 Å². The van der Waals surface area contributed by atoms with Crippen LogP contribution in [0, 0.1) is 11.3 Å². The maximum atomic E-state index is 8.75.